The van der Waals surface area contributed by atoms with Crippen LogP contribution in [0.5, 0.6) is 17.2 Å². The highest BCUT2D eigenvalue weighted by molar-refractivity contribution is 5.89. The van der Waals surface area contributed by atoms with E-state index in [1.165, 1.54) is 13.2 Å². The minimum Gasteiger partial charge on any atom is -0.493 e. The number of halogens is 1. The molecule has 0 unspecified atom stereocenters. The lowest BCUT2D eigenvalue weighted by Gasteiger charge is -2.13. The number of rotatable bonds is 7. The van der Waals surface area contributed by atoms with Crippen molar-refractivity contribution in [3.8, 4) is 17.2 Å². The monoisotopic (exact) mass is 375 g/mol. The van der Waals surface area contributed by atoms with Gasteiger partial charge in [0.25, 0.3) is 0 Å². The van der Waals surface area contributed by atoms with Crippen LogP contribution in [0.15, 0.2) is 42.5 Å². The minimum atomic E-state index is -0.884. The molecular weight excluding hydrogens is 357 g/mol. The zero-order valence-electron chi connectivity index (χ0n) is 15.0. The van der Waals surface area contributed by atoms with E-state index < -0.39 is 28.1 Å². The number of esters is 1. The lowest BCUT2D eigenvalue weighted by molar-refractivity contribution is -0.385. The van der Waals surface area contributed by atoms with Gasteiger partial charge in [0.15, 0.2) is 11.5 Å². The van der Waals surface area contributed by atoms with Crippen molar-refractivity contribution < 1.29 is 28.3 Å². The van der Waals surface area contributed by atoms with Gasteiger partial charge in [-0.25, -0.2) is 9.18 Å². The lowest BCUT2D eigenvalue weighted by atomic mass is 10.2. The van der Waals surface area contributed by atoms with Gasteiger partial charge in [-0.2, -0.15) is 0 Å². The number of hydrogen-bond acceptors (Lipinski definition) is 6. The topological polar surface area (TPSA) is 87.9 Å². The second kappa shape index (κ2) is 8.79. The van der Waals surface area contributed by atoms with E-state index in [0.717, 1.165) is 24.3 Å². The highest BCUT2D eigenvalue weighted by Crippen LogP contribution is 2.30. The lowest BCUT2D eigenvalue weighted by Crippen LogP contribution is -2.07. The second-order valence-electron chi connectivity index (χ2n) is 5.70. The highest BCUT2D eigenvalue weighted by atomic mass is 19.1. The van der Waals surface area contributed by atoms with Gasteiger partial charge in [-0.05, 0) is 43.7 Å². The first-order valence-electron chi connectivity index (χ1n) is 7.98. The predicted molar refractivity (Wildman–Crippen MR) is 96.5 cm³/mol. The second-order valence-corrected chi connectivity index (χ2v) is 5.70. The fraction of sp³-hybridized carbons (Fsp3) is 0.211. The molecule has 0 bridgehead atoms. The fourth-order valence-corrected chi connectivity index (χ4v) is 2.17. The Morgan fingerprint density at radius 2 is 1.89 bits per heavy atom. The van der Waals surface area contributed by atoms with Crippen molar-refractivity contribution in [1.29, 1.82) is 0 Å². The van der Waals surface area contributed by atoms with Gasteiger partial charge in [0.1, 0.15) is 5.82 Å². The van der Waals surface area contributed by atoms with Crippen LogP contribution in [0, 0.1) is 15.9 Å². The van der Waals surface area contributed by atoms with Crippen LogP contribution in [0.1, 0.15) is 19.4 Å². The molecular formula is C19H18FNO6. The van der Waals surface area contributed by atoms with Gasteiger partial charge >= 0.3 is 11.7 Å². The maximum atomic E-state index is 13.3. The summed E-state index contributed by atoms with van der Waals surface area (Å²) < 4.78 is 29.0. The molecule has 7 nitrogen and oxygen atoms in total. The Morgan fingerprint density at radius 1 is 1.15 bits per heavy atom. The summed E-state index contributed by atoms with van der Waals surface area (Å²) in [7, 11) is 1.49. The minimum absolute atomic E-state index is 0.0303. The van der Waals surface area contributed by atoms with Crippen LogP contribution in [0.4, 0.5) is 10.1 Å². The van der Waals surface area contributed by atoms with Crippen molar-refractivity contribution >= 4 is 17.7 Å². The molecule has 0 saturated heterocycles. The predicted octanol–water partition coefficient (Wildman–Crippen LogP) is 4.15. The molecule has 0 aliphatic rings. The molecule has 2 aromatic rings. The van der Waals surface area contributed by atoms with Gasteiger partial charge < -0.3 is 14.2 Å². The Kier molecular flexibility index (Phi) is 6.48. The largest absolute Gasteiger partial charge is 0.493 e. The molecule has 0 aliphatic carbocycles. The first-order chi connectivity index (χ1) is 12.8. The standard InChI is InChI=1S/C19H18FNO6/c1-12(2)26-16-8-4-13(10-18(16)25-3)5-9-19(22)27-17-11-14(20)6-7-15(17)21(23)24/h4-12H,1-3H3/b9-5+. The third-order valence-corrected chi connectivity index (χ3v) is 3.29. The van der Waals surface area contributed by atoms with Crippen LogP contribution in [0.2, 0.25) is 0 Å². The van der Waals surface area contributed by atoms with E-state index in [0.29, 0.717) is 17.1 Å². The van der Waals surface area contributed by atoms with Crippen molar-refractivity contribution in [3.05, 3.63) is 64.0 Å². The Hall–Kier alpha value is -3.42. The van der Waals surface area contributed by atoms with Crippen LogP contribution in [0.3, 0.4) is 0 Å². The van der Waals surface area contributed by atoms with Crippen molar-refractivity contribution in [2.24, 2.45) is 0 Å². The van der Waals surface area contributed by atoms with Crippen LogP contribution in [-0.4, -0.2) is 24.1 Å². The normalized spacial score (nSPS) is 10.9. The number of hydrogen-bond donors (Lipinski definition) is 0. The Labute approximate surface area is 155 Å². The summed E-state index contributed by atoms with van der Waals surface area (Å²) in [6, 6.07) is 7.69. The van der Waals surface area contributed by atoms with Crippen LogP contribution in [-0.2, 0) is 4.79 Å². The summed E-state index contributed by atoms with van der Waals surface area (Å²) in [6.07, 6.45) is 2.49. The van der Waals surface area contributed by atoms with Gasteiger partial charge in [0, 0.05) is 18.2 Å². The molecule has 0 saturated carbocycles. The molecule has 27 heavy (non-hydrogen) atoms. The van der Waals surface area contributed by atoms with Gasteiger partial charge in [-0.3, -0.25) is 10.1 Å². The van der Waals surface area contributed by atoms with Gasteiger partial charge in [-0.15, -0.1) is 0 Å². The highest BCUT2D eigenvalue weighted by Gasteiger charge is 2.18. The first kappa shape index (κ1) is 19.9. The number of carbonyl (C=O) groups excluding carboxylic acids is 1. The Bertz CT molecular complexity index is 878. The van der Waals surface area contributed by atoms with E-state index >= 15 is 0 Å². The summed E-state index contributed by atoms with van der Waals surface area (Å²) in [5, 5.41) is 10.9. The number of nitro benzene ring substituents is 1. The maximum absolute atomic E-state index is 13.3. The van der Waals surface area contributed by atoms with Crippen molar-refractivity contribution in [2.75, 3.05) is 7.11 Å². The van der Waals surface area contributed by atoms with E-state index in [2.05, 4.69) is 0 Å². The van der Waals surface area contributed by atoms with Gasteiger partial charge in [0.05, 0.1) is 18.1 Å². The fourth-order valence-electron chi connectivity index (χ4n) is 2.17. The van der Waals surface area contributed by atoms with E-state index in [1.54, 1.807) is 18.2 Å². The number of methoxy groups -OCH3 is 1. The van der Waals surface area contributed by atoms with E-state index in [9.17, 15) is 19.3 Å². The molecule has 0 N–H and O–H groups in total. The smallest absolute Gasteiger partial charge is 0.336 e. The molecule has 0 radical (unpaired) electrons. The third kappa shape index (κ3) is 5.53. The molecule has 2 aromatic carbocycles. The average Bonchev–Trinajstić information content (AvgIpc) is 2.60. The van der Waals surface area contributed by atoms with Gasteiger partial charge in [0.2, 0.25) is 5.75 Å². The molecule has 0 aromatic heterocycles. The van der Waals surface area contributed by atoms with E-state index in [4.69, 9.17) is 14.2 Å². The number of nitrogens with zero attached hydrogens (tertiary/aromatic N) is 1. The number of nitro groups is 1. The molecule has 0 heterocycles. The van der Waals surface area contributed by atoms with Crippen molar-refractivity contribution in [1.82, 2.24) is 0 Å². The Morgan fingerprint density at radius 3 is 2.52 bits per heavy atom. The molecule has 0 atom stereocenters. The number of ether oxygens (including phenoxy) is 3. The SMILES string of the molecule is COc1cc(/C=C/C(=O)Oc2cc(F)ccc2[N+](=O)[O-])ccc1OC(C)C. The van der Waals surface area contributed by atoms with Crippen molar-refractivity contribution in [3.63, 3.8) is 0 Å². The van der Waals surface area contributed by atoms with Crippen LogP contribution >= 0.6 is 0 Å². The molecule has 142 valence electrons. The number of carbonyl (C=O) groups is 1. The van der Waals surface area contributed by atoms with Crippen LogP contribution < -0.4 is 14.2 Å². The average molecular weight is 375 g/mol. The molecule has 0 amide bonds. The third-order valence-electron chi connectivity index (χ3n) is 3.29. The number of benzene rings is 2. The van der Waals surface area contributed by atoms with Crippen LogP contribution in [0.25, 0.3) is 6.08 Å². The summed E-state index contributed by atoms with van der Waals surface area (Å²) in [4.78, 5) is 22.1. The van der Waals surface area contributed by atoms with E-state index in [-0.39, 0.29) is 6.10 Å². The maximum Gasteiger partial charge on any atom is 0.336 e. The summed E-state index contributed by atoms with van der Waals surface area (Å²) in [6.45, 7) is 3.77. The molecule has 0 fully saturated rings. The molecule has 0 aliphatic heterocycles. The first-order valence-corrected chi connectivity index (χ1v) is 7.98. The summed E-state index contributed by atoms with van der Waals surface area (Å²) in [5.41, 5.74) is 0.114. The van der Waals surface area contributed by atoms with Gasteiger partial charge in [-0.1, -0.05) is 6.07 Å². The molecule has 2 rings (SSSR count). The van der Waals surface area contributed by atoms with Crippen molar-refractivity contribution in [2.45, 2.75) is 20.0 Å². The Balaban J connectivity index is 2.15. The zero-order chi connectivity index (χ0) is 20.0. The summed E-state index contributed by atoms with van der Waals surface area (Å²) >= 11 is 0. The molecule has 8 heteroatoms. The van der Waals surface area contributed by atoms with E-state index in [1.807, 2.05) is 13.8 Å². The quantitative estimate of drug-likeness (QED) is 0.237. The molecule has 0 spiro atoms. The summed E-state index contributed by atoms with van der Waals surface area (Å²) in [5.74, 6) is -1.06. The zero-order valence-corrected chi connectivity index (χ0v) is 15.0.